The molecular formula is C14H14ClMgO3P. The summed E-state index contributed by atoms with van der Waals surface area (Å²) < 4.78 is 17.3. The van der Waals surface area contributed by atoms with Crippen LogP contribution in [0.3, 0.4) is 0 Å². The van der Waals surface area contributed by atoms with Gasteiger partial charge < -0.3 is 26.6 Å². The average molecular weight is 321 g/mol. The minimum Gasteiger partial charge on any atom is -1.00 e. The van der Waals surface area contributed by atoms with Crippen LogP contribution in [-0.2, 0) is 4.57 Å². The standard InChI is InChI=1S/C14H15O3P.ClH.Mg/c1-11-3-7-13(8-4-11)18(15,16)14-9-5-12(17-2)6-10-14;;/h3-10H,1-2H3,(H,15,16);1H;/q;;+2/p-2. The first kappa shape index (κ1) is 19.5. The van der Waals surface area contributed by atoms with Crippen molar-refractivity contribution in [1.29, 1.82) is 0 Å². The van der Waals surface area contributed by atoms with E-state index in [4.69, 9.17) is 4.74 Å². The third-order valence-electron chi connectivity index (χ3n) is 2.79. The van der Waals surface area contributed by atoms with Gasteiger partial charge in [-0.05, 0) is 31.2 Å². The van der Waals surface area contributed by atoms with Crippen molar-refractivity contribution < 1.29 is 26.6 Å². The van der Waals surface area contributed by atoms with Gasteiger partial charge in [0.1, 0.15) is 5.75 Å². The van der Waals surface area contributed by atoms with Gasteiger partial charge in [-0.25, -0.2) is 0 Å². The molecule has 0 aliphatic heterocycles. The van der Waals surface area contributed by atoms with Gasteiger partial charge in [-0.15, -0.1) is 0 Å². The van der Waals surface area contributed by atoms with Crippen molar-refractivity contribution in [2.75, 3.05) is 7.11 Å². The third kappa shape index (κ3) is 4.24. The molecule has 0 heterocycles. The zero-order chi connectivity index (χ0) is 13.2. The fourth-order valence-electron chi connectivity index (χ4n) is 1.67. The maximum atomic E-state index is 12.3. The second kappa shape index (κ2) is 8.06. The van der Waals surface area contributed by atoms with Crippen molar-refractivity contribution in [3.63, 3.8) is 0 Å². The molecule has 0 saturated carbocycles. The Labute approximate surface area is 141 Å². The summed E-state index contributed by atoms with van der Waals surface area (Å²) in [6.07, 6.45) is 0. The molecule has 0 spiro atoms. The number of rotatable bonds is 3. The van der Waals surface area contributed by atoms with E-state index in [1.165, 1.54) is 0 Å². The van der Waals surface area contributed by atoms with Crippen LogP contribution in [0.5, 0.6) is 5.75 Å². The Balaban J connectivity index is 0.00000180. The fraction of sp³-hybridized carbons (Fsp3) is 0.143. The molecule has 1 atom stereocenters. The SMILES string of the molecule is COc1ccc(P(=O)([O-])c2ccc(C)cc2)cc1.[Cl-].[Mg+2]. The number of benzene rings is 2. The van der Waals surface area contributed by atoms with E-state index in [1.807, 2.05) is 6.92 Å². The molecule has 0 aliphatic rings. The molecule has 0 radical (unpaired) electrons. The van der Waals surface area contributed by atoms with Crippen LogP contribution in [0.4, 0.5) is 0 Å². The van der Waals surface area contributed by atoms with Gasteiger partial charge in [0.15, 0.2) is 0 Å². The molecule has 3 nitrogen and oxygen atoms in total. The van der Waals surface area contributed by atoms with Crippen LogP contribution in [0, 0.1) is 6.92 Å². The predicted octanol–water partition coefficient (Wildman–Crippen LogP) is -1.78. The Morgan fingerprint density at radius 2 is 1.35 bits per heavy atom. The van der Waals surface area contributed by atoms with E-state index in [9.17, 15) is 9.46 Å². The molecule has 0 aliphatic carbocycles. The van der Waals surface area contributed by atoms with Crippen molar-refractivity contribution in [3.8, 4) is 5.75 Å². The van der Waals surface area contributed by atoms with Crippen LogP contribution in [0.1, 0.15) is 5.56 Å². The molecule has 1 unspecified atom stereocenters. The fourth-order valence-corrected chi connectivity index (χ4v) is 3.05. The molecule has 2 rings (SSSR count). The van der Waals surface area contributed by atoms with Gasteiger partial charge in [0, 0.05) is 10.6 Å². The number of aryl methyl sites for hydroxylation is 1. The monoisotopic (exact) mass is 320 g/mol. The van der Waals surface area contributed by atoms with Crippen LogP contribution in [0.2, 0.25) is 0 Å². The molecule has 2 aromatic rings. The summed E-state index contributed by atoms with van der Waals surface area (Å²) in [5, 5.41) is 0.630. The molecule has 0 bridgehead atoms. The van der Waals surface area contributed by atoms with E-state index in [0.717, 1.165) is 5.56 Å². The predicted molar refractivity (Wildman–Crippen MR) is 76.8 cm³/mol. The van der Waals surface area contributed by atoms with Crippen molar-refractivity contribution in [1.82, 2.24) is 0 Å². The number of hydrogen-bond acceptors (Lipinski definition) is 3. The maximum absolute atomic E-state index is 12.3. The first-order valence-corrected chi connectivity index (χ1v) is 7.19. The summed E-state index contributed by atoms with van der Waals surface area (Å²) in [5.74, 6) is 0.641. The van der Waals surface area contributed by atoms with Gasteiger partial charge in [-0.3, -0.25) is 0 Å². The van der Waals surface area contributed by atoms with Gasteiger partial charge in [-0.2, -0.15) is 0 Å². The molecule has 0 amide bonds. The summed E-state index contributed by atoms with van der Waals surface area (Å²) in [6.45, 7) is 1.92. The summed E-state index contributed by atoms with van der Waals surface area (Å²) in [4.78, 5) is 12.3. The minimum absolute atomic E-state index is 0. The van der Waals surface area contributed by atoms with Gasteiger partial charge in [0.2, 0.25) is 0 Å². The number of halogens is 1. The van der Waals surface area contributed by atoms with Crippen LogP contribution < -0.4 is 32.6 Å². The van der Waals surface area contributed by atoms with Crippen LogP contribution >= 0.6 is 7.37 Å². The number of hydrogen-bond donors (Lipinski definition) is 0. The number of methoxy groups -OCH3 is 1. The Morgan fingerprint density at radius 1 is 0.950 bits per heavy atom. The van der Waals surface area contributed by atoms with E-state index >= 15 is 0 Å². The first-order valence-electron chi connectivity index (χ1n) is 5.57. The van der Waals surface area contributed by atoms with E-state index < -0.39 is 7.37 Å². The van der Waals surface area contributed by atoms with Crippen molar-refractivity contribution in [2.45, 2.75) is 6.92 Å². The molecule has 102 valence electrons. The summed E-state index contributed by atoms with van der Waals surface area (Å²) in [5.41, 5.74) is 1.04. The maximum Gasteiger partial charge on any atom is 2.00 e. The molecular weight excluding hydrogens is 307 g/mol. The van der Waals surface area contributed by atoms with Crippen molar-refractivity contribution in [2.24, 2.45) is 0 Å². The van der Waals surface area contributed by atoms with Crippen LogP contribution in [-0.4, -0.2) is 30.2 Å². The Kier molecular flexibility index (Phi) is 7.85. The van der Waals surface area contributed by atoms with Gasteiger partial charge in [-0.1, -0.05) is 29.8 Å². The topological polar surface area (TPSA) is 49.4 Å². The molecule has 20 heavy (non-hydrogen) atoms. The quantitative estimate of drug-likeness (QED) is 0.496. The normalized spacial score (nSPS) is 12.6. The summed E-state index contributed by atoms with van der Waals surface area (Å²) >= 11 is 0. The van der Waals surface area contributed by atoms with Crippen LogP contribution in [0.15, 0.2) is 48.5 Å². The van der Waals surface area contributed by atoms with Gasteiger partial charge >= 0.3 is 23.1 Å². The van der Waals surface area contributed by atoms with E-state index in [0.29, 0.717) is 16.4 Å². The van der Waals surface area contributed by atoms with Gasteiger partial charge in [0.05, 0.1) is 14.5 Å². The third-order valence-corrected chi connectivity index (χ3v) is 4.74. The van der Waals surface area contributed by atoms with Gasteiger partial charge in [0.25, 0.3) is 0 Å². The van der Waals surface area contributed by atoms with E-state index in [2.05, 4.69) is 0 Å². The zero-order valence-corrected chi connectivity index (χ0v) is 14.4. The van der Waals surface area contributed by atoms with Crippen LogP contribution in [0.25, 0.3) is 0 Å². The van der Waals surface area contributed by atoms with Crippen molar-refractivity contribution >= 4 is 41.0 Å². The smallest absolute Gasteiger partial charge is 1.00 e. The Morgan fingerprint density at radius 3 is 1.75 bits per heavy atom. The minimum atomic E-state index is -3.75. The second-order valence-corrected chi connectivity index (χ2v) is 6.22. The summed E-state index contributed by atoms with van der Waals surface area (Å²) in [6, 6.07) is 13.3. The Bertz CT molecular complexity index is 584. The number of ether oxygens (including phenoxy) is 1. The molecule has 0 N–H and O–H groups in total. The first-order chi connectivity index (χ1) is 8.54. The average Bonchev–Trinajstić information content (AvgIpc) is 2.39. The molecule has 2 aromatic carbocycles. The Hall–Kier alpha value is -0.514. The molecule has 0 saturated heterocycles. The van der Waals surface area contributed by atoms with Crippen molar-refractivity contribution in [3.05, 3.63) is 54.1 Å². The molecule has 0 fully saturated rings. The second-order valence-electron chi connectivity index (χ2n) is 4.09. The summed E-state index contributed by atoms with van der Waals surface area (Å²) in [7, 11) is -2.21. The molecule has 0 aromatic heterocycles. The van der Waals surface area contributed by atoms with E-state index in [-0.39, 0.29) is 35.5 Å². The zero-order valence-electron chi connectivity index (χ0n) is 11.4. The molecule has 6 heteroatoms. The largest absolute Gasteiger partial charge is 2.00 e. The van der Waals surface area contributed by atoms with E-state index in [1.54, 1.807) is 55.6 Å².